The highest BCUT2D eigenvalue weighted by molar-refractivity contribution is 14.0. The molecule has 266 valence electrons. The Balaban J connectivity index is 0.000000166. The van der Waals surface area contributed by atoms with Crippen molar-refractivity contribution in [2.45, 2.75) is 38.5 Å². The minimum atomic E-state index is 0. The van der Waals surface area contributed by atoms with E-state index in [2.05, 4.69) is 135 Å². The van der Waals surface area contributed by atoms with Crippen molar-refractivity contribution in [3.05, 3.63) is 154 Å². The molecule has 6 nitrogen and oxygen atoms in total. The Bertz CT molecular complexity index is 1760. The molecule has 0 aromatic heterocycles. The summed E-state index contributed by atoms with van der Waals surface area (Å²) >= 11 is 1.67. The standard InChI is InChI=1S/C21H23N3.C18H19N.C4H8N2S.HI/c1-3-8-18-16(6-1)11-12-17-7-2-4-9-19(17)20(18)10-5-13-22-21-23-14-15-24-21;19-13-5-10-18-16-8-3-1-6-14(16)11-12-15-7-2-4-9-17(15)18;1-7-4-5-2-3-6-4;/h1-4,6-10H,5,11-15H2,(H2,22,23,24);1-4,6-10H,5,11-13,19H2;2-3H2,1H3,(H,5,6);1H. The number of nitrogens with two attached hydrogens (primary N) is 1. The number of aliphatic imine (C=N–C) groups is 2. The number of benzene rings is 4. The van der Waals surface area contributed by atoms with E-state index in [1.54, 1.807) is 11.8 Å². The van der Waals surface area contributed by atoms with E-state index < -0.39 is 0 Å². The number of hydrogen-bond acceptors (Lipinski definition) is 7. The summed E-state index contributed by atoms with van der Waals surface area (Å²) in [5.74, 6) is 0.940. The Labute approximate surface area is 325 Å². The number of amidine groups is 1. The zero-order valence-corrected chi connectivity index (χ0v) is 32.8. The first-order chi connectivity index (χ1) is 24.7. The molecule has 51 heavy (non-hydrogen) atoms. The third-order valence-corrected chi connectivity index (χ3v) is 10.0. The molecule has 0 fully saturated rings. The number of aryl methyl sites for hydroxylation is 4. The number of rotatable bonds is 5. The van der Waals surface area contributed by atoms with Gasteiger partial charge in [0.05, 0.1) is 13.1 Å². The Morgan fingerprint density at radius 2 is 1.06 bits per heavy atom. The van der Waals surface area contributed by atoms with Crippen molar-refractivity contribution in [3.63, 3.8) is 0 Å². The van der Waals surface area contributed by atoms with Crippen LogP contribution in [0.25, 0.3) is 11.1 Å². The van der Waals surface area contributed by atoms with Gasteiger partial charge in [0.15, 0.2) is 11.1 Å². The first-order valence-corrected chi connectivity index (χ1v) is 19.3. The largest absolute Gasteiger partial charge is 0.363 e. The molecule has 4 aliphatic rings. The fourth-order valence-electron chi connectivity index (χ4n) is 6.94. The van der Waals surface area contributed by atoms with Gasteiger partial charge in [0.25, 0.3) is 0 Å². The second-order valence-electron chi connectivity index (χ2n) is 12.6. The van der Waals surface area contributed by atoms with Gasteiger partial charge in [0, 0.05) is 19.6 Å². The Morgan fingerprint density at radius 3 is 1.43 bits per heavy atom. The van der Waals surface area contributed by atoms with Crippen LogP contribution in [0.5, 0.6) is 0 Å². The second-order valence-corrected chi connectivity index (χ2v) is 13.4. The second kappa shape index (κ2) is 20.2. The van der Waals surface area contributed by atoms with E-state index in [1.807, 2.05) is 6.26 Å². The highest BCUT2D eigenvalue weighted by atomic mass is 127. The van der Waals surface area contributed by atoms with Crippen LogP contribution in [-0.4, -0.2) is 56.7 Å². The molecule has 0 saturated carbocycles. The van der Waals surface area contributed by atoms with E-state index in [9.17, 15) is 0 Å². The molecular weight excluding hydrogens is 759 g/mol. The van der Waals surface area contributed by atoms with Crippen molar-refractivity contribution >= 4 is 58.0 Å². The minimum absolute atomic E-state index is 0. The summed E-state index contributed by atoms with van der Waals surface area (Å²) in [6, 6.07) is 35.2. The van der Waals surface area contributed by atoms with E-state index in [0.717, 1.165) is 82.4 Å². The maximum absolute atomic E-state index is 5.68. The molecule has 4 aromatic carbocycles. The quantitative estimate of drug-likeness (QED) is 0.123. The molecule has 2 aliphatic carbocycles. The van der Waals surface area contributed by atoms with Crippen LogP contribution < -0.4 is 21.7 Å². The average molecular weight is 811 g/mol. The number of hydrogen-bond donors (Lipinski definition) is 4. The van der Waals surface area contributed by atoms with Gasteiger partial charge in [-0.25, -0.2) is 0 Å². The SMILES string of the molecule is C(CCNC1=NCCN1)=C1c2ccccc2CCc2ccccc21.CSC1=NCCN1.I.NCCC=C1c2ccccc2CCc2ccccc21. The van der Waals surface area contributed by atoms with Crippen molar-refractivity contribution in [1.29, 1.82) is 0 Å². The van der Waals surface area contributed by atoms with Crippen LogP contribution in [0.15, 0.2) is 119 Å². The molecule has 2 heterocycles. The zero-order chi connectivity index (χ0) is 34.4. The van der Waals surface area contributed by atoms with Gasteiger partial charge in [-0.1, -0.05) is 121 Å². The topological polar surface area (TPSA) is 86.8 Å². The van der Waals surface area contributed by atoms with Gasteiger partial charge in [0.1, 0.15) is 0 Å². The highest BCUT2D eigenvalue weighted by Crippen LogP contribution is 2.34. The van der Waals surface area contributed by atoms with E-state index in [4.69, 9.17) is 5.73 Å². The van der Waals surface area contributed by atoms with Gasteiger partial charge in [-0.2, -0.15) is 0 Å². The maximum atomic E-state index is 5.68. The first-order valence-electron chi connectivity index (χ1n) is 18.0. The van der Waals surface area contributed by atoms with Gasteiger partial charge >= 0.3 is 0 Å². The van der Waals surface area contributed by atoms with Crippen molar-refractivity contribution in [2.75, 3.05) is 45.5 Å². The Hall–Kier alpha value is -3.86. The predicted octanol–water partition coefficient (Wildman–Crippen LogP) is 7.65. The third-order valence-electron chi connectivity index (χ3n) is 9.37. The molecule has 0 atom stereocenters. The number of halogens is 1. The monoisotopic (exact) mass is 810 g/mol. The molecule has 0 unspecified atom stereocenters. The molecule has 5 N–H and O–H groups in total. The highest BCUT2D eigenvalue weighted by Gasteiger charge is 2.18. The molecule has 2 aliphatic heterocycles. The summed E-state index contributed by atoms with van der Waals surface area (Å²) in [5.41, 5.74) is 19.7. The summed E-state index contributed by atoms with van der Waals surface area (Å²) in [6.45, 7) is 5.41. The molecule has 0 radical (unpaired) electrons. The smallest absolute Gasteiger partial charge is 0.191 e. The molecular formula is C43H51IN6S. The van der Waals surface area contributed by atoms with E-state index in [-0.39, 0.29) is 24.0 Å². The van der Waals surface area contributed by atoms with Crippen molar-refractivity contribution in [1.82, 2.24) is 16.0 Å². The van der Waals surface area contributed by atoms with Gasteiger partial charge in [0.2, 0.25) is 0 Å². The van der Waals surface area contributed by atoms with Crippen molar-refractivity contribution < 1.29 is 0 Å². The summed E-state index contributed by atoms with van der Waals surface area (Å²) in [5, 5.41) is 10.8. The van der Waals surface area contributed by atoms with Gasteiger partial charge in [-0.3, -0.25) is 9.98 Å². The summed E-state index contributed by atoms with van der Waals surface area (Å²) in [6.07, 6.45) is 13.1. The molecule has 0 amide bonds. The lowest BCUT2D eigenvalue weighted by atomic mass is 9.93. The predicted molar refractivity (Wildman–Crippen MR) is 231 cm³/mol. The van der Waals surface area contributed by atoms with Crippen LogP contribution in [-0.2, 0) is 25.7 Å². The molecule has 0 spiro atoms. The number of thioether (sulfide) groups is 1. The molecule has 8 heteroatoms. The number of fused-ring (bicyclic) bond motifs is 4. The summed E-state index contributed by atoms with van der Waals surface area (Å²) < 4.78 is 0. The van der Waals surface area contributed by atoms with Gasteiger partial charge in [-0.05, 0) is 107 Å². The van der Waals surface area contributed by atoms with Crippen LogP contribution in [0.4, 0.5) is 0 Å². The maximum Gasteiger partial charge on any atom is 0.191 e. The lowest BCUT2D eigenvalue weighted by molar-refractivity contribution is 0.854. The van der Waals surface area contributed by atoms with Gasteiger partial charge < -0.3 is 21.7 Å². The van der Waals surface area contributed by atoms with Crippen molar-refractivity contribution in [3.8, 4) is 0 Å². The van der Waals surface area contributed by atoms with E-state index in [1.165, 1.54) is 55.7 Å². The van der Waals surface area contributed by atoms with E-state index >= 15 is 0 Å². The minimum Gasteiger partial charge on any atom is -0.363 e. The van der Waals surface area contributed by atoms with Crippen LogP contribution in [0.1, 0.15) is 57.3 Å². The Kier molecular flexibility index (Phi) is 15.2. The summed E-state index contributed by atoms with van der Waals surface area (Å²) in [7, 11) is 0. The van der Waals surface area contributed by atoms with E-state index in [0.29, 0.717) is 6.54 Å². The van der Waals surface area contributed by atoms with Crippen LogP contribution in [0, 0.1) is 0 Å². The normalized spacial score (nSPS) is 14.9. The fourth-order valence-corrected chi connectivity index (χ4v) is 7.40. The van der Waals surface area contributed by atoms with Crippen LogP contribution in [0.3, 0.4) is 0 Å². The van der Waals surface area contributed by atoms with Crippen LogP contribution >= 0.6 is 35.7 Å². The molecule has 8 rings (SSSR count). The number of guanidine groups is 1. The van der Waals surface area contributed by atoms with Crippen LogP contribution in [0.2, 0.25) is 0 Å². The fraction of sp³-hybridized carbons (Fsp3) is 0.302. The molecule has 0 bridgehead atoms. The zero-order valence-electron chi connectivity index (χ0n) is 29.7. The molecule has 4 aromatic rings. The number of nitrogens with one attached hydrogen (secondary N) is 3. The summed E-state index contributed by atoms with van der Waals surface area (Å²) in [4.78, 5) is 8.50. The molecule has 0 saturated heterocycles. The lowest BCUT2D eigenvalue weighted by Crippen LogP contribution is -2.34. The Morgan fingerprint density at radius 1 is 0.627 bits per heavy atom. The lowest BCUT2D eigenvalue weighted by Gasteiger charge is -2.12. The van der Waals surface area contributed by atoms with Crippen molar-refractivity contribution in [2.24, 2.45) is 15.7 Å². The van der Waals surface area contributed by atoms with Gasteiger partial charge in [-0.15, -0.1) is 24.0 Å². The average Bonchev–Trinajstić information content (AvgIpc) is 3.85. The third kappa shape index (κ3) is 10.4. The number of nitrogens with zero attached hydrogens (tertiary/aromatic N) is 2. The first kappa shape index (κ1) is 38.4.